The third-order valence-electron chi connectivity index (χ3n) is 4.10. The summed E-state index contributed by atoms with van der Waals surface area (Å²) < 4.78 is 0. The van der Waals surface area contributed by atoms with Gasteiger partial charge in [0.15, 0.2) is 0 Å². The molecule has 1 heterocycles. The summed E-state index contributed by atoms with van der Waals surface area (Å²) in [4.78, 5) is 12.1. The average molecular weight is 378 g/mol. The van der Waals surface area contributed by atoms with Gasteiger partial charge in [0.1, 0.15) is 5.03 Å². The number of amides is 1. The highest BCUT2D eigenvalue weighted by molar-refractivity contribution is 7.98. The predicted octanol–water partition coefficient (Wildman–Crippen LogP) is 4.88. The average Bonchev–Trinajstić information content (AvgIpc) is 2.72. The summed E-state index contributed by atoms with van der Waals surface area (Å²) in [5.74, 6) is 0.721. The Morgan fingerprint density at radius 3 is 2.56 bits per heavy atom. The fraction of sp³-hybridized carbons (Fsp3) is 0.227. The number of hydrogen-bond donors (Lipinski definition) is 1. The van der Waals surface area contributed by atoms with Crippen molar-refractivity contribution in [3.63, 3.8) is 0 Å². The Morgan fingerprint density at radius 2 is 1.85 bits per heavy atom. The lowest BCUT2D eigenvalue weighted by Gasteiger charge is -2.06. The summed E-state index contributed by atoms with van der Waals surface area (Å²) in [6.07, 6.45) is 0.929. The lowest BCUT2D eigenvalue weighted by Crippen LogP contribution is -2.23. The van der Waals surface area contributed by atoms with Crippen LogP contribution in [0.15, 0.2) is 65.7 Å². The third-order valence-corrected chi connectivity index (χ3v) is 5.09. The lowest BCUT2D eigenvalue weighted by atomic mass is 10.1. The molecule has 0 aliphatic carbocycles. The molecule has 1 amide bonds. The van der Waals surface area contributed by atoms with Crippen molar-refractivity contribution < 1.29 is 4.79 Å². The molecule has 0 radical (unpaired) electrons. The van der Waals surface area contributed by atoms with Gasteiger partial charge in [0.25, 0.3) is 5.91 Å². The van der Waals surface area contributed by atoms with Gasteiger partial charge in [-0.1, -0.05) is 60.6 Å². The van der Waals surface area contributed by atoms with E-state index in [4.69, 9.17) is 0 Å². The number of nitrogens with one attached hydrogen (secondary N) is 1. The Kier molecular flexibility index (Phi) is 6.60. The minimum atomic E-state index is -0.0223. The Balaban J connectivity index is 1.61. The van der Waals surface area contributed by atoms with E-state index in [2.05, 4.69) is 46.7 Å². The van der Waals surface area contributed by atoms with Gasteiger partial charge < -0.3 is 5.32 Å². The summed E-state index contributed by atoms with van der Waals surface area (Å²) in [5.41, 5.74) is 4.95. The normalized spacial score (nSPS) is 10.6. The van der Waals surface area contributed by atoms with E-state index in [0.29, 0.717) is 12.1 Å². The van der Waals surface area contributed by atoms with E-state index >= 15 is 0 Å². The highest BCUT2D eigenvalue weighted by Crippen LogP contribution is 2.23. The van der Waals surface area contributed by atoms with Crippen LogP contribution in [0.4, 0.5) is 0 Å². The minimum absolute atomic E-state index is 0.0223. The van der Waals surface area contributed by atoms with Gasteiger partial charge in [-0.25, -0.2) is 0 Å². The first-order valence-electron chi connectivity index (χ1n) is 9.06. The Labute approximate surface area is 164 Å². The summed E-state index contributed by atoms with van der Waals surface area (Å²) in [6.45, 7) is 4.80. The zero-order valence-corrected chi connectivity index (χ0v) is 16.4. The highest BCUT2D eigenvalue weighted by atomic mass is 32.2. The predicted molar refractivity (Wildman–Crippen MR) is 111 cm³/mol. The van der Waals surface area contributed by atoms with E-state index in [1.165, 1.54) is 5.56 Å². The van der Waals surface area contributed by atoms with E-state index in [9.17, 15) is 4.79 Å². The second-order valence-corrected chi connectivity index (χ2v) is 7.36. The standard InChI is InChI=1S/C22H23N3OS/c1-3-13-23-22(26)19-6-4-5-17(14-19)15-27-21-12-11-20(24-25-21)18-9-7-16(2)8-10-18/h4-12,14H,3,13,15H2,1-2H3,(H,23,26). The van der Waals surface area contributed by atoms with Crippen molar-refractivity contribution in [2.24, 2.45) is 0 Å². The fourth-order valence-corrected chi connectivity index (χ4v) is 3.33. The molecule has 0 aliphatic heterocycles. The molecule has 0 bridgehead atoms. The number of thioether (sulfide) groups is 1. The number of benzene rings is 2. The first-order valence-corrected chi connectivity index (χ1v) is 10.0. The number of nitrogens with zero attached hydrogens (tertiary/aromatic N) is 2. The first-order chi connectivity index (χ1) is 13.2. The summed E-state index contributed by atoms with van der Waals surface area (Å²) in [7, 11) is 0. The maximum Gasteiger partial charge on any atom is 0.251 e. The molecule has 3 rings (SSSR count). The molecule has 138 valence electrons. The Bertz CT molecular complexity index is 892. The first kappa shape index (κ1) is 19.1. The maximum absolute atomic E-state index is 12.1. The molecule has 5 heteroatoms. The number of aromatic nitrogens is 2. The fourth-order valence-electron chi connectivity index (χ4n) is 2.58. The molecular formula is C22H23N3OS. The van der Waals surface area contributed by atoms with Crippen LogP contribution in [0.25, 0.3) is 11.3 Å². The van der Waals surface area contributed by atoms with Crippen molar-refractivity contribution in [2.45, 2.75) is 31.0 Å². The van der Waals surface area contributed by atoms with Gasteiger partial charge in [0.05, 0.1) is 5.69 Å². The maximum atomic E-state index is 12.1. The largest absolute Gasteiger partial charge is 0.352 e. The van der Waals surface area contributed by atoms with Crippen LogP contribution in [0.3, 0.4) is 0 Å². The molecule has 0 saturated heterocycles. The van der Waals surface area contributed by atoms with Crippen molar-refractivity contribution >= 4 is 17.7 Å². The number of hydrogen-bond acceptors (Lipinski definition) is 4. The molecule has 1 N–H and O–H groups in total. The second kappa shape index (κ2) is 9.33. The van der Waals surface area contributed by atoms with Crippen LogP contribution in [-0.2, 0) is 5.75 Å². The van der Waals surface area contributed by atoms with Gasteiger partial charge in [-0.15, -0.1) is 10.2 Å². The van der Waals surface area contributed by atoms with Crippen LogP contribution < -0.4 is 5.32 Å². The number of aryl methyl sites for hydroxylation is 1. The summed E-state index contributed by atoms with van der Waals surface area (Å²) in [5, 5.41) is 12.4. The van der Waals surface area contributed by atoms with Gasteiger partial charge in [-0.3, -0.25) is 4.79 Å². The zero-order valence-electron chi connectivity index (χ0n) is 15.6. The number of rotatable bonds is 7. The molecule has 4 nitrogen and oxygen atoms in total. The molecule has 0 saturated carbocycles. The molecule has 0 aliphatic rings. The van der Waals surface area contributed by atoms with Crippen LogP contribution in [0.2, 0.25) is 0 Å². The minimum Gasteiger partial charge on any atom is -0.352 e. The van der Waals surface area contributed by atoms with Crippen LogP contribution in [0.5, 0.6) is 0 Å². The lowest BCUT2D eigenvalue weighted by molar-refractivity contribution is 0.0953. The smallest absolute Gasteiger partial charge is 0.251 e. The molecule has 27 heavy (non-hydrogen) atoms. The molecule has 0 unspecified atom stereocenters. The third kappa shape index (κ3) is 5.41. The van der Waals surface area contributed by atoms with E-state index < -0.39 is 0 Å². The summed E-state index contributed by atoms with van der Waals surface area (Å²) in [6, 6.07) is 20.0. The van der Waals surface area contributed by atoms with Crippen molar-refractivity contribution in [3.8, 4) is 11.3 Å². The van der Waals surface area contributed by atoms with Gasteiger partial charge in [-0.05, 0) is 43.2 Å². The molecule has 2 aromatic carbocycles. The van der Waals surface area contributed by atoms with Gasteiger partial charge in [0.2, 0.25) is 0 Å². The molecule has 0 fully saturated rings. The van der Waals surface area contributed by atoms with E-state index in [1.54, 1.807) is 11.8 Å². The van der Waals surface area contributed by atoms with Crippen LogP contribution in [0, 0.1) is 6.92 Å². The van der Waals surface area contributed by atoms with E-state index in [1.807, 2.05) is 43.3 Å². The molecule has 3 aromatic rings. The Morgan fingerprint density at radius 1 is 1.04 bits per heavy atom. The SMILES string of the molecule is CCCNC(=O)c1cccc(CSc2ccc(-c3ccc(C)cc3)nn2)c1. The zero-order chi connectivity index (χ0) is 19.1. The van der Waals surface area contributed by atoms with Crippen molar-refractivity contribution in [1.82, 2.24) is 15.5 Å². The van der Waals surface area contributed by atoms with Crippen molar-refractivity contribution in [3.05, 3.63) is 77.4 Å². The summed E-state index contributed by atoms with van der Waals surface area (Å²) >= 11 is 1.61. The second-order valence-electron chi connectivity index (χ2n) is 6.37. The topological polar surface area (TPSA) is 54.9 Å². The van der Waals surface area contributed by atoms with Crippen molar-refractivity contribution in [2.75, 3.05) is 6.54 Å². The van der Waals surface area contributed by atoms with Gasteiger partial charge >= 0.3 is 0 Å². The monoisotopic (exact) mass is 377 g/mol. The molecular weight excluding hydrogens is 354 g/mol. The molecule has 0 spiro atoms. The van der Waals surface area contributed by atoms with Crippen LogP contribution in [0.1, 0.15) is 34.8 Å². The number of carbonyl (C=O) groups excluding carboxylic acids is 1. The van der Waals surface area contributed by atoms with Crippen LogP contribution >= 0.6 is 11.8 Å². The number of carbonyl (C=O) groups is 1. The highest BCUT2D eigenvalue weighted by Gasteiger charge is 2.06. The molecule has 1 aromatic heterocycles. The van der Waals surface area contributed by atoms with Gasteiger partial charge in [0, 0.05) is 23.4 Å². The van der Waals surface area contributed by atoms with Crippen LogP contribution in [-0.4, -0.2) is 22.6 Å². The van der Waals surface area contributed by atoms with E-state index in [-0.39, 0.29) is 5.91 Å². The van der Waals surface area contributed by atoms with E-state index in [0.717, 1.165) is 34.0 Å². The quantitative estimate of drug-likeness (QED) is 0.596. The Hall–Kier alpha value is -2.66. The molecule has 0 atom stereocenters. The van der Waals surface area contributed by atoms with Crippen molar-refractivity contribution in [1.29, 1.82) is 0 Å². The van der Waals surface area contributed by atoms with Gasteiger partial charge in [-0.2, -0.15) is 0 Å².